The van der Waals surface area contributed by atoms with Gasteiger partial charge in [0.2, 0.25) is 5.91 Å². The molecule has 3 rings (SSSR count). The van der Waals surface area contributed by atoms with E-state index in [4.69, 9.17) is 4.74 Å². The Morgan fingerprint density at radius 1 is 1.14 bits per heavy atom. The molecule has 154 valence electrons. The van der Waals surface area contributed by atoms with E-state index in [1.807, 2.05) is 61.2 Å². The lowest BCUT2D eigenvalue weighted by Gasteiger charge is -2.31. The molecular weight excluding hydrogens is 366 g/mol. The highest BCUT2D eigenvalue weighted by molar-refractivity contribution is 5.97. The molecule has 0 spiro atoms. The Kier molecular flexibility index (Phi) is 6.75. The number of carbonyl (C=O) groups is 2. The molecule has 1 aliphatic rings. The molecule has 2 N–H and O–H groups in total. The summed E-state index contributed by atoms with van der Waals surface area (Å²) in [7, 11) is 1.64. The van der Waals surface area contributed by atoms with Crippen LogP contribution in [0.3, 0.4) is 0 Å². The van der Waals surface area contributed by atoms with Gasteiger partial charge in [-0.1, -0.05) is 32.0 Å². The molecule has 3 amide bonds. The van der Waals surface area contributed by atoms with Crippen LogP contribution in [0.4, 0.5) is 16.2 Å². The predicted molar refractivity (Wildman–Crippen MR) is 116 cm³/mol. The number of urea groups is 1. The largest absolute Gasteiger partial charge is 0.497 e. The molecule has 2 aromatic rings. The van der Waals surface area contributed by atoms with Gasteiger partial charge < -0.3 is 20.3 Å². The minimum absolute atomic E-state index is 0.0566. The van der Waals surface area contributed by atoms with Gasteiger partial charge in [0.25, 0.3) is 0 Å². The third-order valence-electron chi connectivity index (χ3n) is 5.08. The van der Waals surface area contributed by atoms with Crippen molar-refractivity contribution in [2.75, 3.05) is 30.4 Å². The minimum atomic E-state index is -0.254. The highest BCUT2D eigenvalue weighted by Gasteiger charge is 2.24. The predicted octanol–water partition coefficient (Wildman–Crippen LogP) is 3.99. The second-order valence-electron chi connectivity index (χ2n) is 7.57. The number of amides is 3. The van der Waals surface area contributed by atoms with Crippen LogP contribution in [0.2, 0.25) is 0 Å². The zero-order valence-electron chi connectivity index (χ0n) is 17.3. The number of hydrogen-bond acceptors (Lipinski definition) is 3. The first-order chi connectivity index (χ1) is 14.0. The fourth-order valence-corrected chi connectivity index (χ4v) is 3.48. The molecule has 0 saturated carbocycles. The minimum Gasteiger partial charge on any atom is -0.497 e. The maximum atomic E-state index is 12.5. The van der Waals surface area contributed by atoms with Gasteiger partial charge in [-0.3, -0.25) is 4.79 Å². The van der Waals surface area contributed by atoms with E-state index in [-0.39, 0.29) is 17.9 Å². The smallest absolute Gasteiger partial charge is 0.319 e. The van der Waals surface area contributed by atoms with Gasteiger partial charge >= 0.3 is 6.03 Å². The van der Waals surface area contributed by atoms with Crippen LogP contribution in [0.25, 0.3) is 0 Å². The molecule has 0 fully saturated rings. The average molecular weight is 396 g/mol. The monoisotopic (exact) mass is 395 g/mol. The van der Waals surface area contributed by atoms with E-state index in [2.05, 4.69) is 10.6 Å². The maximum absolute atomic E-state index is 12.5. The molecule has 1 aliphatic heterocycles. The Hall–Kier alpha value is -3.02. The van der Waals surface area contributed by atoms with Crippen molar-refractivity contribution in [3.63, 3.8) is 0 Å². The number of hydrogen-bond donors (Lipinski definition) is 2. The molecule has 2 aromatic carbocycles. The lowest BCUT2D eigenvalue weighted by atomic mass is 9.99. The lowest BCUT2D eigenvalue weighted by molar-refractivity contribution is -0.121. The van der Waals surface area contributed by atoms with Gasteiger partial charge in [0.15, 0.2) is 0 Å². The number of ether oxygens (including phenoxy) is 1. The Bertz CT molecular complexity index is 862. The molecule has 0 bridgehead atoms. The van der Waals surface area contributed by atoms with Crippen LogP contribution < -0.4 is 20.3 Å². The molecular formula is C23H29N3O3. The van der Waals surface area contributed by atoms with Crippen molar-refractivity contribution < 1.29 is 14.3 Å². The van der Waals surface area contributed by atoms with E-state index < -0.39 is 0 Å². The van der Waals surface area contributed by atoms with Gasteiger partial charge in [0.05, 0.1) is 7.11 Å². The third kappa shape index (κ3) is 5.28. The first-order valence-corrected chi connectivity index (χ1v) is 10.1. The number of carbonyl (C=O) groups excluding carboxylic acids is 2. The number of rotatable bonds is 6. The van der Waals surface area contributed by atoms with E-state index >= 15 is 0 Å². The molecule has 0 saturated heterocycles. The molecule has 1 heterocycles. The number of nitrogens with one attached hydrogen (secondary N) is 2. The van der Waals surface area contributed by atoms with Gasteiger partial charge in [-0.25, -0.2) is 4.79 Å². The summed E-state index contributed by atoms with van der Waals surface area (Å²) in [6.45, 7) is 5.08. The maximum Gasteiger partial charge on any atom is 0.319 e. The van der Waals surface area contributed by atoms with Crippen LogP contribution in [-0.4, -0.2) is 32.1 Å². The van der Waals surface area contributed by atoms with Gasteiger partial charge in [-0.2, -0.15) is 0 Å². The van der Waals surface area contributed by atoms with Gasteiger partial charge in [-0.15, -0.1) is 0 Å². The standard InChI is InChI=1S/C23H29N3O3/c1-16(2)22(27)26-14-4-5-18-8-9-19(15-21(18)26)25-23(28)24-13-12-17-6-10-20(29-3)11-7-17/h6-11,15-16H,4-5,12-14H2,1-3H3,(H2,24,25,28). The summed E-state index contributed by atoms with van der Waals surface area (Å²) in [5, 5.41) is 5.76. The Balaban J connectivity index is 1.57. The number of fused-ring (bicyclic) bond motifs is 1. The van der Waals surface area contributed by atoms with Gasteiger partial charge in [-0.05, 0) is 54.7 Å². The summed E-state index contributed by atoms with van der Waals surface area (Å²) in [5.74, 6) is 0.878. The lowest BCUT2D eigenvalue weighted by Crippen LogP contribution is -2.38. The van der Waals surface area contributed by atoms with Crippen LogP contribution in [-0.2, 0) is 17.6 Å². The van der Waals surface area contributed by atoms with E-state index in [9.17, 15) is 9.59 Å². The highest BCUT2D eigenvalue weighted by atomic mass is 16.5. The molecule has 6 nitrogen and oxygen atoms in total. The summed E-state index contributed by atoms with van der Waals surface area (Å²) in [5.41, 5.74) is 3.87. The molecule has 0 radical (unpaired) electrons. The molecule has 6 heteroatoms. The zero-order valence-corrected chi connectivity index (χ0v) is 17.3. The van der Waals surface area contributed by atoms with Crippen LogP contribution in [0.5, 0.6) is 5.75 Å². The van der Waals surface area contributed by atoms with Crippen molar-refractivity contribution in [1.82, 2.24) is 5.32 Å². The first kappa shape index (κ1) is 20.7. The van der Waals surface area contributed by atoms with Crippen molar-refractivity contribution >= 4 is 23.3 Å². The molecule has 0 unspecified atom stereocenters. The fourth-order valence-electron chi connectivity index (χ4n) is 3.48. The van der Waals surface area contributed by atoms with Crippen molar-refractivity contribution in [3.05, 3.63) is 53.6 Å². The van der Waals surface area contributed by atoms with Crippen LogP contribution in [0.15, 0.2) is 42.5 Å². The van der Waals surface area contributed by atoms with E-state index in [0.29, 0.717) is 12.2 Å². The normalized spacial score (nSPS) is 13.0. The quantitative estimate of drug-likeness (QED) is 0.777. The van der Waals surface area contributed by atoms with E-state index in [0.717, 1.165) is 48.4 Å². The third-order valence-corrected chi connectivity index (χ3v) is 5.08. The fraction of sp³-hybridized carbons (Fsp3) is 0.391. The van der Waals surface area contributed by atoms with E-state index in [1.54, 1.807) is 7.11 Å². The summed E-state index contributed by atoms with van der Waals surface area (Å²) in [4.78, 5) is 26.6. The van der Waals surface area contributed by atoms with Crippen LogP contribution in [0.1, 0.15) is 31.4 Å². The topological polar surface area (TPSA) is 70.7 Å². The van der Waals surface area contributed by atoms with Crippen LogP contribution in [0, 0.1) is 5.92 Å². The highest BCUT2D eigenvalue weighted by Crippen LogP contribution is 2.31. The number of anilines is 2. The Morgan fingerprint density at radius 2 is 1.90 bits per heavy atom. The molecule has 0 aliphatic carbocycles. The van der Waals surface area contributed by atoms with Gasteiger partial charge in [0, 0.05) is 30.4 Å². The Morgan fingerprint density at radius 3 is 2.59 bits per heavy atom. The van der Waals surface area contributed by atoms with Gasteiger partial charge in [0.1, 0.15) is 5.75 Å². The summed E-state index contributed by atoms with van der Waals surface area (Å²) in [6, 6.07) is 13.3. The van der Waals surface area contributed by atoms with Crippen molar-refractivity contribution in [2.24, 2.45) is 5.92 Å². The Labute approximate surface area is 172 Å². The van der Waals surface area contributed by atoms with Crippen molar-refractivity contribution in [3.8, 4) is 5.75 Å². The SMILES string of the molecule is COc1ccc(CCNC(=O)Nc2ccc3c(c2)N(C(=O)C(C)C)CCC3)cc1. The van der Waals surface area contributed by atoms with Crippen molar-refractivity contribution in [1.29, 1.82) is 0 Å². The summed E-state index contributed by atoms with van der Waals surface area (Å²) >= 11 is 0. The zero-order chi connectivity index (χ0) is 20.8. The molecule has 29 heavy (non-hydrogen) atoms. The average Bonchev–Trinajstić information content (AvgIpc) is 2.73. The van der Waals surface area contributed by atoms with Crippen LogP contribution >= 0.6 is 0 Å². The number of methoxy groups -OCH3 is 1. The molecule has 0 atom stereocenters. The number of aryl methyl sites for hydroxylation is 1. The number of nitrogens with zero attached hydrogens (tertiary/aromatic N) is 1. The first-order valence-electron chi connectivity index (χ1n) is 10.1. The van der Waals surface area contributed by atoms with Crippen molar-refractivity contribution in [2.45, 2.75) is 33.1 Å². The van der Waals surface area contributed by atoms with E-state index in [1.165, 1.54) is 0 Å². The summed E-state index contributed by atoms with van der Waals surface area (Å²) in [6.07, 6.45) is 2.65. The summed E-state index contributed by atoms with van der Waals surface area (Å²) < 4.78 is 5.15. The number of benzene rings is 2. The molecule has 0 aromatic heterocycles. The second kappa shape index (κ2) is 9.45. The second-order valence-corrected chi connectivity index (χ2v) is 7.57.